The van der Waals surface area contributed by atoms with Gasteiger partial charge in [-0.3, -0.25) is 4.90 Å². The molecule has 2 fully saturated rings. The van der Waals surface area contributed by atoms with Crippen molar-refractivity contribution >= 4 is 0 Å². The number of ether oxygens (including phenoxy) is 1. The highest BCUT2D eigenvalue weighted by Gasteiger charge is 2.48. The highest BCUT2D eigenvalue weighted by Crippen LogP contribution is 2.41. The summed E-state index contributed by atoms with van der Waals surface area (Å²) in [6, 6.07) is 0. The van der Waals surface area contributed by atoms with Gasteiger partial charge in [0.05, 0.1) is 6.10 Å². The molecular formula is C12H24N2O. The smallest absolute Gasteiger partial charge is 0.0607 e. The second kappa shape index (κ2) is 4.40. The summed E-state index contributed by atoms with van der Waals surface area (Å²) in [5.74, 6) is 0.954. The van der Waals surface area contributed by atoms with Crippen LogP contribution < -0.4 is 5.73 Å². The van der Waals surface area contributed by atoms with Crippen molar-refractivity contribution in [1.29, 1.82) is 0 Å². The molecule has 88 valence electrons. The lowest BCUT2D eigenvalue weighted by Crippen LogP contribution is -2.64. The van der Waals surface area contributed by atoms with E-state index in [1.54, 1.807) is 0 Å². The predicted molar refractivity (Wildman–Crippen MR) is 61.8 cm³/mol. The molecule has 0 heterocycles. The average Bonchev–Trinajstić information content (AvgIpc) is 2.99. The predicted octanol–water partition coefficient (Wildman–Crippen LogP) is 1.22. The molecule has 3 heteroatoms. The number of nitrogens with zero attached hydrogens (tertiary/aromatic N) is 1. The van der Waals surface area contributed by atoms with Crippen molar-refractivity contribution in [2.75, 3.05) is 26.7 Å². The van der Waals surface area contributed by atoms with E-state index in [0.717, 1.165) is 31.8 Å². The van der Waals surface area contributed by atoms with Crippen molar-refractivity contribution in [3.05, 3.63) is 0 Å². The maximum Gasteiger partial charge on any atom is 0.0607 e. The van der Waals surface area contributed by atoms with Gasteiger partial charge in [0.2, 0.25) is 0 Å². The Hall–Kier alpha value is -0.120. The Bertz CT molecular complexity index is 210. The molecule has 2 aliphatic carbocycles. The molecule has 0 aromatic rings. The minimum Gasteiger partial charge on any atom is -0.381 e. The summed E-state index contributed by atoms with van der Waals surface area (Å²) in [4.78, 5) is 2.60. The fraction of sp³-hybridized carbons (Fsp3) is 1.00. The Balaban J connectivity index is 1.91. The summed E-state index contributed by atoms with van der Waals surface area (Å²) >= 11 is 0. The van der Waals surface area contributed by atoms with Crippen LogP contribution in [0.15, 0.2) is 0 Å². The zero-order chi connectivity index (χ0) is 10.9. The minimum atomic E-state index is 0.262. The fourth-order valence-corrected chi connectivity index (χ4v) is 2.78. The van der Waals surface area contributed by atoms with Crippen molar-refractivity contribution in [2.45, 2.75) is 44.2 Å². The molecule has 0 aliphatic heterocycles. The third-order valence-electron chi connectivity index (χ3n) is 4.16. The average molecular weight is 212 g/mol. The molecule has 15 heavy (non-hydrogen) atoms. The Morgan fingerprint density at radius 2 is 2.07 bits per heavy atom. The highest BCUT2D eigenvalue weighted by atomic mass is 16.5. The molecule has 0 bridgehead atoms. The number of hydrogen-bond acceptors (Lipinski definition) is 3. The van der Waals surface area contributed by atoms with E-state index >= 15 is 0 Å². The van der Waals surface area contributed by atoms with Gasteiger partial charge in [-0.2, -0.15) is 0 Å². The van der Waals surface area contributed by atoms with E-state index in [1.807, 2.05) is 7.11 Å². The summed E-state index contributed by atoms with van der Waals surface area (Å²) in [5.41, 5.74) is 6.22. The number of nitrogens with two attached hydrogens (primary N) is 1. The molecule has 3 nitrogen and oxygen atoms in total. The maximum absolute atomic E-state index is 5.96. The second-order valence-electron chi connectivity index (χ2n) is 5.18. The van der Waals surface area contributed by atoms with Crippen LogP contribution in [0.5, 0.6) is 0 Å². The molecule has 2 rings (SSSR count). The van der Waals surface area contributed by atoms with Crippen LogP contribution in [0.25, 0.3) is 0 Å². The fourth-order valence-electron chi connectivity index (χ4n) is 2.78. The van der Waals surface area contributed by atoms with Crippen LogP contribution in [-0.2, 0) is 4.74 Å². The third kappa shape index (κ3) is 2.19. The van der Waals surface area contributed by atoms with Gasteiger partial charge in [-0.1, -0.05) is 6.92 Å². The number of methoxy groups -OCH3 is 1. The second-order valence-corrected chi connectivity index (χ2v) is 5.18. The van der Waals surface area contributed by atoms with Crippen LogP contribution in [-0.4, -0.2) is 43.3 Å². The minimum absolute atomic E-state index is 0.262. The van der Waals surface area contributed by atoms with E-state index in [1.165, 1.54) is 19.4 Å². The molecule has 2 saturated carbocycles. The molecule has 0 radical (unpaired) electrons. The highest BCUT2D eigenvalue weighted by molar-refractivity contribution is 5.05. The Labute approximate surface area is 93.0 Å². The Morgan fingerprint density at radius 1 is 1.40 bits per heavy atom. The van der Waals surface area contributed by atoms with E-state index in [4.69, 9.17) is 10.5 Å². The van der Waals surface area contributed by atoms with E-state index in [0.29, 0.717) is 6.10 Å². The number of hydrogen-bond donors (Lipinski definition) is 1. The standard InChI is InChI=1S/C12H24N2O/c1-3-14(8-10-4-5-10)12(9-13)6-11(7-12)15-2/h10-11H,3-9,13H2,1-2H3. The van der Waals surface area contributed by atoms with Gasteiger partial charge in [0.25, 0.3) is 0 Å². The van der Waals surface area contributed by atoms with Crippen LogP contribution in [0.1, 0.15) is 32.6 Å². The van der Waals surface area contributed by atoms with Crippen molar-refractivity contribution in [3.63, 3.8) is 0 Å². The molecule has 2 aliphatic rings. The Kier molecular flexibility index (Phi) is 3.33. The summed E-state index contributed by atoms with van der Waals surface area (Å²) in [5, 5.41) is 0. The molecule has 0 amide bonds. The van der Waals surface area contributed by atoms with Gasteiger partial charge in [-0.15, -0.1) is 0 Å². The van der Waals surface area contributed by atoms with E-state index in [-0.39, 0.29) is 5.54 Å². The van der Waals surface area contributed by atoms with Crippen molar-refractivity contribution < 1.29 is 4.74 Å². The molecule has 0 aromatic heterocycles. The van der Waals surface area contributed by atoms with Crippen molar-refractivity contribution in [1.82, 2.24) is 4.90 Å². The van der Waals surface area contributed by atoms with Crippen LogP contribution in [0, 0.1) is 5.92 Å². The first-order chi connectivity index (χ1) is 7.24. The summed E-state index contributed by atoms with van der Waals surface area (Å²) < 4.78 is 5.38. The number of rotatable bonds is 6. The molecule has 0 saturated heterocycles. The largest absolute Gasteiger partial charge is 0.381 e. The normalized spacial score (nSPS) is 35.6. The van der Waals surface area contributed by atoms with Gasteiger partial charge in [-0.05, 0) is 38.1 Å². The molecular weight excluding hydrogens is 188 g/mol. The van der Waals surface area contributed by atoms with E-state index in [2.05, 4.69) is 11.8 Å². The molecule has 0 atom stereocenters. The molecule has 0 unspecified atom stereocenters. The molecule has 0 spiro atoms. The Morgan fingerprint density at radius 3 is 2.47 bits per heavy atom. The number of likely N-dealkylation sites (N-methyl/N-ethyl adjacent to an activating group) is 1. The summed E-state index contributed by atoms with van der Waals surface area (Å²) in [6.45, 7) is 5.42. The first kappa shape index (κ1) is 11.4. The van der Waals surface area contributed by atoms with Gasteiger partial charge in [0.1, 0.15) is 0 Å². The monoisotopic (exact) mass is 212 g/mol. The zero-order valence-corrected chi connectivity index (χ0v) is 10.0. The van der Waals surface area contributed by atoms with Gasteiger partial charge in [0.15, 0.2) is 0 Å². The summed E-state index contributed by atoms with van der Waals surface area (Å²) in [6.07, 6.45) is 5.54. The maximum atomic E-state index is 5.96. The van der Waals surface area contributed by atoms with E-state index < -0.39 is 0 Å². The van der Waals surface area contributed by atoms with Gasteiger partial charge in [-0.25, -0.2) is 0 Å². The topological polar surface area (TPSA) is 38.5 Å². The van der Waals surface area contributed by atoms with Gasteiger partial charge < -0.3 is 10.5 Å². The van der Waals surface area contributed by atoms with Gasteiger partial charge >= 0.3 is 0 Å². The van der Waals surface area contributed by atoms with Crippen LogP contribution in [0.2, 0.25) is 0 Å². The summed E-state index contributed by atoms with van der Waals surface area (Å²) in [7, 11) is 1.81. The first-order valence-corrected chi connectivity index (χ1v) is 6.22. The van der Waals surface area contributed by atoms with Crippen molar-refractivity contribution in [2.24, 2.45) is 11.7 Å². The van der Waals surface area contributed by atoms with Crippen LogP contribution in [0.4, 0.5) is 0 Å². The van der Waals surface area contributed by atoms with Gasteiger partial charge in [0, 0.05) is 25.7 Å². The molecule has 2 N–H and O–H groups in total. The lowest BCUT2D eigenvalue weighted by molar-refractivity contribution is -0.0870. The zero-order valence-electron chi connectivity index (χ0n) is 10.0. The lowest BCUT2D eigenvalue weighted by Gasteiger charge is -2.53. The SMILES string of the molecule is CCN(CC1CC1)C1(CN)CC(OC)C1. The van der Waals surface area contributed by atoms with Crippen molar-refractivity contribution in [3.8, 4) is 0 Å². The van der Waals surface area contributed by atoms with Crippen LogP contribution >= 0.6 is 0 Å². The molecule has 0 aromatic carbocycles. The van der Waals surface area contributed by atoms with E-state index in [9.17, 15) is 0 Å². The quantitative estimate of drug-likeness (QED) is 0.719. The van der Waals surface area contributed by atoms with Crippen LogP contribution in [0.3, 0.4) is 0 Å². The third-order valence-corrected chi connectivity index (χ3v) is 4.16. The lowest BCUT2D eigenvalue weighted by atomic mass is 9.72. The first-order valence-electron chi connectivity index (χ1n) is 6.22.